The molecule has 1 saturated heterocycles. The quantitative estimate of drug-likeness (QED) is 0.837. The lowest BCUT2D eigenvalue weighted by Crippen LogP contribution is -2.51. The molecular formula is C15H28N2O. The Balaban J connectivity index is 1.87. The molecule has 104 valence electrons. The number of carbonyl (C=O) groups excluding carboxylic acids is 1. The molecule has 2 fully saturated rings. The van der Waals surface area contributed by atoms with Gasteiger partial charge in [0.2, 0.25) is 5.91 Å². The summed E-state index contributed by atoms with van der Waals surface area (Å²) in [6, 6.07) is 0.478. The molecule has 2 atom stereocenters. The van der Waals surface area contributed by atoms with Crippen molar-refractivity contribution in [3.8, 4) is 0 Å². The van der Waals surface area contributed by atoms with Crippen LogP contribution in [0.1, 0.15) is 59.3 Å². The van der Waals surface area contributed by atoms with Gasteiger partial charge in [-0.15, -0.1) is 0 Å². The van der Waals surface area contributed by atoms with Gasteiger partial charge in [0, 0.05) is 19.1 Å². The highest BCUT2D eigenvalue weighted by Gasteiger charge is 2.36. The van der Waals surface area contributed by atoms with Crippen molar-refractivity contribution in [3.05, 3.63) is 0 Å². The van der Waals surface area contributed by atoms with Gasteiger partial charge in [-0.25, -0.2) is 0 Å². The highest BCUT2D eigenvalue weighted by Crippen LogP contribution is 2.37. The van der Waals surface area contributed by atoms with Crippen LogP contribution in [-0.2, 0) is 4.79 Å². The molecule has 1 N–H and O–H groups in total. The summed E-state index contributed by atoms with van der Waals surface area (Å²) in [5.41, 5.74) is 0.344. The Labute approximate surface area is 111 Å². The largest absolute Gasteiger partial charge is 0.341 e. The van der Waals surface area contributed by atoms with Crippen molar-refractivity contribution in [1.82, 2.24) is 10.2 Å². The number of piperidine rings is 1. The zero-order valence-electron chi connectivity index (χ0n) is 12.2. The van der Waals surface area contributed by atoms with Crippen molar-refractivity contribution < 1.29 is 4.79 Å². The number of nitrogens with zero attached hydrogens (tertiary/aromatic N) is 1. The third kappa shape index (κ3) is 3.05. The van der Waals surface area contributed by atoms with Gasteiger partial charge in [0.1, 0.15) is 0 Å². The van der Waals surface area contributed by atoms with E-state index in [9.17, 15) is 4.79 Å². The molecule has 2 unspecified atom stereocenters. The first-order valence-corrected chi connectivity index (χ1v) is 7.55. The van der Waals surface area contributed by atoms with Gasteiger partial charge in [0.15, 0.2) is 0 Å². The molecule has 18 heavy (non-hydrogen) atoms. The standard InChI is InChI=1S/C15H28N2O/c1-12(14(18)17-10-5-4-6-11-17)16-13-8-7-9-15(13,2)3/h12-13,16H,4-11H2,1-3H3. The second kappa shape index (κ2) is 5.60. The number of amides is 1. The molecular weight excluding hydrogens is 224 g/mol. The fourth-order valence-electron chi connectivity index (χ4n) is 3.40. The van der Waals surface area contributed by atoms with Crippen LogP contribution in [0.5, 0.6) is 0 Å². The second-order valence-corrected chi connectivity index (χ2v) is 6.71. The summed E-state index contributed by atoms with van der Waals surface area (Å²) in [5.74, 6) is 0.303. The summed E-state index contributed by atoms with van der Waals surface area (Å²) in [6.45, 7) is 8.58. The van der Waals surface area contributed by atoms with Crippen molar-refractivity contribution in [2.75, 3.05) is 13.1 Å². The number of likely N-dealkylation sites (tertiary alicyclic amines) is 1. The summed E-state index contributed by atoms with van der Waals surface area (Å²) < 4.78 is 0. The first-order valence-electron chi connectivity index (χ1n) is 7.55. The fraction of sp³-hybridized carbons (Fsp3) is 0.933. The first-order chi connectivity index (χ1) is 8.50. The second-order valence-electron chi connectivity index (χ2n) is 6.71. The van der Waals surface area contributed by atoms with Crippen LogP contribution in [-0.4, -0.2) is 36.0 Å². The molecule has 0 spiro atoms. The van der Waals surface area contributed by atoms with Gasteiger partial charge in [-0.05, 0) is 44.4 Å². The maximum absolute atomic E-state index is 12.4. The predicted octanol–water partition coefficient (Wildman–Crippen LogP) is 2.56. The van der Waals surface area contributed by atoms with E-state index in [0.29, 0.717) is 17.4 Å². The van der Waals surface area contributed by atoms with Crippen LogP contribution in [0.25, 0.3) is 0 Å². The molecule has 2 rings (SSSR count). The highest BCUT2D eigenvalue weighted by atomic mass is 16.2. The van der Waals surface area contributed by atoms with E-state index in [1.54, 1.807) is 0 Å². The molecule has 1 saturated carbocycles. The topological polar surface area (TPSA) is 32.3 Å². The Bertz CT molecular complexity index is 295. The van der Waals surface area contributed by atoms with Gasteiger partial charge in [-0.2, -0.15) is 0 Å². The van der Waals surface area contributed by atoms with Crippen LogP contribution >= 0.6 is 0 Å². The lowest BCUT2D eigenvalue weighted by molar-refractivity contribution is -0.134. The molecule has 2 aliphatic rings. The summed E-state index contributed by atoms with van der Waals surface area (Å²) in [5, 5.41) is 3.57. The minimum absolute atomic E-state index is 0.0227. The Morgan fingerprint density at radius 1 is 1.22 bits per heavy atom. The normalized spacial score (nSPS) is 29.3. The number of hydrogen-bond donors (Lipinski definition) is 1. The van der Waals surface area contributed by atoms with Crippen molar-refractivity contribution >= 4 is 5.91 Å². The molecule has 0 aromatic carbocycles. The van der Waals surface area contributed by atoms with Gasteiger partial charge in [-0.1, -0.05) is 20.3 Å². The third-order valence-electron chi connectivity index (χ3n) is 4.75. The van der Waals surface area contributed by atoms with Crippen molar-refractivity contribution in [2.24, 2.45) is 5.41 Å². The Kier molecular flexibility index (Phi) is 4.31. The van der Waals surface area contributed by atoms with Crippen LogP contribution in [0.15, 0.2) is 0 Å². The van der Waals surface area contributed by atoms with E-state index in [1.165, 1.54) is 38.5 Å². The van der Waals surface area contributed by atoms with E-state index in [0.717, 1.165) is 13.1 Å². The fourth-order valence-corrected chi connectivity index (χ4v) is 3.40. The minimum Gasteiger partial charge on any atom is -0.341 e. The van der Waals surface area contributed by atoms with Gasteiger partial charge < -0.3 is 10.2 Å². The molecule has 0 bridgehead atoms. The van der Waals surface area contributed by atoms with E-state index in [4.69, 9.17) is 0 Å². The monoisotopic (exact) mass is 252 g/mol. The van der Waals surface area contributed by atoms with Gasteiger partial charge in [0.05, 0.1) is 6.04 Å². The van der Waals surface area contributed by atoms with E-state index in [-0.39, 0.29) is 6.04 Å². The summed E-state index contributed by atoms with van der Waals surface area (Å²) in [4.78, 5) is 14.4. The summed E-state index contributed by atoms with van der Waals surface area (Å²) >= 11 is 0. The number of nitrogens with one attached hydrogen (secondary N) is 1. The Hall–Kier alpha value is -0.570. The molecule has 0 radical (unpaired) electrons. The lowest BCUT2D eigenvalue weighted by Gasteiger charge is -2.34. The molecule has 1 aliphatic carbocycles. The molecule has 1 aliphatic heterocycles. The SMILES string of the molecule is CC(NC1CCCC1(C)C)C(=O)N1CCCCC1. The van der Waals surface area contributed by atoms with E-state index < -0.39 is 0 Å². The van der Waals surface area contributed by atoms with Crippen molar-refractivity contribution in [3.63, 3.8) is 0 Å². The first kappa shape index (κ1) is 13.9. The number of hydrogen-bond acceptors (Lipinski definition) is 2. The minimum atomic E-state index is -0.0227. The van der Waals surface area contributed by atoms with Crippen LogP contribution in [0.3, 0.4) is 0 Å². The number of rotatable bonds is 3. The molecule has 0 aromatic rings. The van der Waals surface area contributed by atoms with Crippen molar-refractivity contribution in [1.29, 1.82) is 0 Å². The lowest BCUT2D eigenvalue weighted by atomic mass is 9.87. The van der Waals surface area contributed by atoms with Gasteiger partial charge in [0.25, 0.3) is 0 Å². The van der Waals surface area contributed by atoms with Gasteiger partial charge >= 0.3 is 0 Å². The smallest absolute Gasteiger partial charge is 0.239 e. The summed E-state index contributed by atoms with van der Waals surface area (Å²) in [7, 11) is 0. The molecule has 3 nitrogen and oxygen atoms in total. The molecule has 0 aromatic heterocycles. The molecule has 3 heteroatoms. The van der Waals surface area contributed by atoms with E-state index >= 15 is 0 Å². The predicted molar refractivity (Wildman–Crippen MR) is 74.4 cm³/mol. The Morgan fingerprint density at radius 2 is 1.89 bits per heavy atom. The van der Waals surface area contributed by atoms with Crippen molar-refractivity contribution in [2.45, 2.75) is 71.4 Å². The zero-order chi connectivity index (χ0) is 13.2. The maximum Gasteiger partial charge on any atom is 0.239 e. The van der Waals surface area contributed by atoms with Crippen LogP contribution in [0.4, 0.5) is 0 Å². The van der Waals surface area contributed by atoms with E-state index in [2.05, 4.69) is 19.2 Å². The Morgan fingerprint density at radius 3 is 2.44 bits per heavy atom. The average Bonchev–Trinajstić information content (AvgIpc) is 2.69. The van der Waals surface area contributed by atoms with Crippen LogP contribution in [0, 0.1) is 5.41 Å². The highest BCUT2D eigenvalue weighted by molar-refractivity contribution is 5.81. The zero-order valence-corrected chi connectivity index (χ0v) is 12.2. The maximum atomic E-state index is 12.4. The molecule has 1 heterocycles. The average molecular weight is 252 g/mol. The summed E-state index contributed by atoms with van der Waals surface area (Å²) in [6.07, 6.45) is 7.40. The number of carbonyl (C=O) groups is 1. The van der Waals surface area contributed by atoms with Gasteiger partial charge in [-0.3, -0.25) is 4.79 Å². The van der Waals surface area contributed by atoms with E-state index in [1.807, 2.05) is 11.8 Å². The van der Waals surface area contributed by atoms with Crippen LogP contribution < -0.4 is 5.32 Å². The van der Waals surface area contributed by atoms with Crippen LogP contribution in [0.2, 0.25) is 0 Å². The third-order valence-corrected chi connectivity index (χ3v) is 4.75. The molecule has 1 amide bonds.